The fourth-order valence-corrected chi connectivity index (χ4v) is 4.13. The molecule has 1 aromatic carbocycles. The van der Waals surface area contributed by atoms with Crippen LogP contribution >= 0.6 is 0 Å². The zero-order chi connectivity index (χ0) is 26.7. The van der Waals surface area contributed by atoms with E-state index in [4.69, 9.17) is 15.6 Å². The van der Waals surface area contributed by atoms with Gasteiger partial charge in [0.2, 0.25) is 0 Å². The second-order valence-corrected chi connectivity index (χ2v) is 8.29. The van der Waals surface area contributed by atoms with Crippen LogP contribution in [-0.4, -0.2) is 54.6 Å². The molecule has 0 aliphatic heterocycles. The molecule has 37 heavy (non-hydrogen) atoms. The van der Waals surface area contributed by atoms with Gasteiger partial charge in [0.15, 0.2) is 0 Å². The summed E-state index contributed by atoms with van der Waals surface area (Å²) < 4.78 is 33.3. The molecule has 4 aromatic rings. The molecule has 0 bridgehead atoms. The van der Waals surface area contributed by atoms with Crippen LogP contribution < -0.4 is 5.73 Å². The lowest BCUT2D eigenvalue weighted by atomic mass is 9.89. The average Bonchev–Trinajstić information content (AvgIpc) is 3.26. The molecule has 1 aliphatic carbocycles. The summed E-state index contributed by atoms with van der Waals surface area (Å²) >= 11 is 0. The van der Waals surface area contributed by atoms with Crippen LogP contribution in [0.2, 0.25) is 0 Å². The quantitative estimate of drug-likeness (QED) is 0.364. The number of aryl methyl sites for hydroxylation is 2. The Bertz CT molecular complexity index is 1480. The summed E-state index contributed by atoms with van der Waals surface area (Å²) in [5, 5.41) is 22.6. The lowest BCUT2D eigenvalue weighted by Gasteiger charge is -2.16. The van der Waals surface area contributed by atoms with E-state index in [-0.39, 0.29) is 5.69 Å². The number of pyridine rings is 2. The largest absolute Gasteiger partial charge is 0.490 e. The van der Waals surface area contributed by atoms with E-state index >= 15 is 0 Å². The summed E-state index contributed by atoms with van der Waals surface area (Å²) in [4.78, 5) is 30.0. The van der Waals surface area contributed by atoms with Crippen LogP contribution in [0.4, 0.5) is 13.2 Å². The van der Waals surface area contributed by atoms with Crippen LogP contribution in [0, 0.1) is 0 Å². The molecule has 192 valence electrons. The standard InChI is InChI=1S/C23H21N5O2.C2HF3O2/c24-8-3-9-28-22(23(29)30)17-7-6-15-12-26-20(11-18(15)21(17)27-28)16-10-14-4-1-2-5-19(14)25-13-16;3-2(4,5)1(6)7/h1-2,4-5,10-13H,3,6-9,24H2,(H,29,30);(H,6,7). The van der Waals surface area contributed by atoms with Gasteiger partial charge in [-0.25, -0.2) is 9.59 Å². The smallest absolute Gasteiger partial charge is 0.477 e. The van der Waals surface area contributed by atoms with Crippen LogP contribution in [0.25, 0.3) is 33.4 Å². The van der Waals surface area contributed by atoms with Crippen molar-refractivity contribution in [2.45, 2.75) is 32.0 Å². The van der Waals surface area contributed by atoms with Gasteiger partial charge >= 0.3 is 18.1 Å². The number of aliphatic carboxylic acids is 1. The number of carboxylic acids is 2. The van der Waals surface area contributed by atoms with Crippen LogP contribution in [0.1, 0.15) is 28.0 Å². The Hall–Kier alpha value is -4.32. The first kappa shape index (κ1) is 25.8. The van der Waals surface area contributed by atoms with Crippen molar-refractivity contribution in [3.05, 3.63) is 65.6 Å². The Balaban J connectivity index is 0.000000405. The highest BCUT2D eigenvalue weighted by Gasteiger charge is 2.38. The number of carboxylic acid groups (broad SMARTS) is 2. The Morgan fingerprint density at radius 1 is 1.05 bits per heavy atom. The van der Waals surface area contributed by atoms with E-state index in [0.717, 1.165) is 51.0 Å². The Morgan fingerprint density at radius 2 is 1.78 bits per heavy atom. The van der Waals surface area contributed by atoms with Gasteiger partial charge in [-0.05, 0) is 49.6 Å². The molecule has 5 rings (SSSR count). The third kappa shape index (κ3) is 5.43. The maximum Gasteiger partial charge on any atom is 0.490 e. The van der Waals surface area contributed by atoms with E-state index in [2.05, 4.69) is 21.1 Å². The third-order valence-corrected chi connectivity index (χ3v) is 5.84. The molecule has 0 unspecified atom stereocenters. The van der Waals surface area contributed by atoms with Gasteiger partial charge in [0.1, 0.15) is 5.69 Å². The minimum Gasteiger partial charge on any atom is -0.477 e. The zero-order valence-electron chi connectivity index (χ0n) is 19.4. The van der Waals surface area contributed by atoms with Gasteiger partial charge in [0, 0.05) is 41.0 Å². The van der Waals surface area contributed by atoms with Crippen molar-refractivity contribution in [2.24, 2.45) is 5.73 Å². The SMILES string of the molecule is NCCCn1nc2c(c1C(=O)O)CCc1cnc(-c3cnc4ccccc4c3)cc1-2.O=C(O)C(F)(F)F. The van der Waals surface area contributed by atoms with Crippen molar-refractivity contribution in [1.82, 2.24) is 19.7 Å². The minimum absolute atomic E-state index is 0.273. The van der Waals surface area contributed by atoms with E-state index in [1.54, 1.807) is 4.68 Å². The molecular formula is C25H22F3N5O4. The fraction of sp³-hybridized carbons (Fsp3) is 0.240. The molecule has 12 heteroatoms. The molecule has 4 N–H and O–H groups in total. The Kier molecular flexibility index (Phi) is 7.21. The maximum absolute atomic E-state index is 11.9. The molecule has 3 aromatic heterocycles. The second-order valence-electron chi connectivity index (χ2n) is 8.29. The summed E-state index contributed by atoms with van der Waals surface area (Å²) in [6, 6.07) is 12.0. The molecular weight excluding hydrogens is 491 g/mol. The van der Waals surface area contributed by atoms with Gasteiger partial charge in [0.25, 0.3) is 0 Å². The number of aromatic nitrogens is 4. The van der Waals surface area contributed by atoms with E-state index in [0.29, 0.717) is 25.9 Å². The normalized spacial score (nSPS) is 12.3. The number of aromatic carboxylic acids is 1. The number of para-hydroxylation sites is 1. The molecule has 0 amide bonds. The molecule has 0 saturated heterocycles. The highest BCUT2D eigenvalue weighted by molar-refractivity contribution is 5.91. The third-order valence-electron chi connectivity index (χ3n) is 5.84. The summed E-state index contributed by atoms with van der Waals surface area (Å²) in [6.07, 6.45) is 0.684. The number of nitrogens with zero attached hydrogens (tertiary/aromatic N) is 4. The summed E-state index contributed by atoms with van der Waals surface area (Å²) in [6.45, 7) is 0.982. The summed E-state index contributed by atoms with van der Waals surface area (Å²) in [7, 11) is 0. The van der Waals surface area contributed by atoms with Gasteiger partial charge in [0.05, 0.1) is 16.9 Å². The number of alkyl halides is 3. The number of halogens is 3. The number of fused-ring (bicyclic) bond motifs is 4. The van der Waals surface area contributed by atoms with Gasteiger partial charge in [-0.1, -0.05) is 18.2 Å². The van der Waals surface area contributed by atoms with Crippen molar-refractivity contribution in [2.75, 3.05) is 6.54 Å². The topological polar surface area (TPSA) is 144 Å². The summed E-state index contributed by atoms with van der Waals surface area (Å²) in [5.41, 5.74) is 12.1. The molecule has 3 heterocycles. The lowest BCUT2D eigenvalue weighted by molar-refractivity contribution is -0.192. The van der Waals surface area contributed by atoms with Crippen LogP contribution in [-0.2, 0) is 24.2 Å². The first-order chi connectivity index (χ1) is 17.6. The van der Waals surface area contributed by atoms with E-state index < -0.39 is 18.1 Å². The predicted molar refractivity (Wildman–Crippen MR) is 128 cm³/mol. The van der Waals surface area contributed by atoms with Gasteiger partial charge < -0.3 is 15.9 Å². The van der Waals surface area contributed by atoms with Gasteiger partial charge in [-0.15, -0.1) is 0 Å². The van der Waals surface area contributed by atoms with E-state index in [1.807, 2.05) is 42.7 Å². The average molecular weight is 513 g/mol. The molecule has 9 nitrogen and oxygen atoms in total. The van der Waals surface area contributed by atoms with E-state index in [1.165, 1.54) is 0 Å². The second kappa shape index (κ2) is 10.3. The molecule has 0 fully saturated rings. The monoisotopic (exact) mass is 513 g/mol. The molecule has 0 radical (unpaired) electrons. The minimum atomic E-state index is -5.08. The predicted octanol–water partition coefficient (Wildman–Crippen LogP) is 3.94. The highest BCUT2D eigenvalue weighted by atomic mass is 19.4. The number of rotatable bonds is 5. The van der Waals surface area contributed by atoms with Crippen molar-refractivity contribution in [1.29, 1.82) is 0 Å². The molecule has 0 atom stereocenters. The van der Waals surface area contributed by atoms with Crippen molar-refractivity contribution in [3.63, 3.8) is 0 Å². The first-order valence-corrected chi connectivity index (χ1v) is 11.3. The number of hydrogen-bond acceptors (Lipinski definition) is 6. The van der Waals surface area contributed by atoms with Crippen LogP contribution in [0.5, 0.6) is 0 Å². The molecule has 0 spiro atoms. The Labute approximate surface area is 208 Å². The lowest BCUT2D eigenvalue weighted by Crippen LogP contribution is -2.21. The zero-order valence-corrected chi connectivity index (χ0v) is 19.4. The fourth-order valence-electron chi connectivity index (χ4n) is 4.13. The number of carbonyl (C=O) groups is 2. The van der Waals surface area contributed by atoms with Crippen molar-refractivity contribution < 1.29 is 33.0 Å². The summed E-state index contributed by atoms with van der Waals surface area (Å²) in [5.74, 6) is -3.70. The maximum atomic E-state index is 11.9. The number of benzene rings is 1. The van der Waals surface area contributed by atoms with Crippen molar-refractivity contribution in [3.8, 4) is 22.5 Å². The van der Waals surface area contributed by atoms with E-state index in [9.17, 15) is 23.1 Å². The highest BCUT2D eigenvalue weighted by Crippen LogP contribution is 2.36. The number of hydrogen-bond donors (Lipinski definition) is 3. The van der Waals surface area contributed by atoms with Crippen LogP contribution in [0.3, 0.4) is 0 Å². The molecule has 0 saturated carbocycles. The number of nitrogens with two attached hydrogens (primary N) is 1. The van der Waals surface area contributed by atoms with Gasteiger partial charge in [-0.2, -0.15) is 18.3 Å². The first-order valence-electron chi connectivity index (χ1n) is 11.3. The van der Waals surface area contributed by atoms with Crippen molar-refractivity contribution >= 4 is 22.8 Å². The molecule has 1 aliphatic rings. The van der Waals surface area contributed by atoms with Gasteiger partial charge in [-0.3, -0.25) is 14.6 Å². The Morgan fingerprint density at radius 3 is 2.46 bits per heavy atom. The van der Waals surface area contributed by atoms with Crippen LogP contribution in [0.15, 0.2) is 48.8 Å².